The highest BCUT2D eigenvalue weighted by molar-refractivity contribution is 5.20. The average molecular weight is 261 g/mol. The van der Waals surface area contributed by atoms with Gasteiger partial charge in [-0.1, -0.05) is 30.3 Å². The van der Waals surface area contributed by atoms with Crippen LogP contribution in [0.1, 0.15) is 24.4 Å². The van der Waals surface area contributed by atoms with Crippen molar-refractivity contribution >= 4 is 0 Å². The van der Waals surface area contributed by atoms with E-state index < -0.39 is 0 Å². The van der Waals surface area contributed by atoms with Crippen molar-refractivity contribution < 1.29 is 0 Å². The molecule has 1 aromatic rings. The molecule has 3 nitrogen and oxygen atoms in total. The maximum Gasteiger partial charge on any atom is 0.0475 e. The minimum atomic E-state index is 0.564. The Morgan fingerprint density at radius 3 is 2.68 bits per heavy atom. The number of nitrogens with zero attached hydrogens (tertiary/aromatic N) is 2. The quantitative estimate of drug-likeness (QED) is 0.790. The van der Waals surface area contributed by atoms with Crippen LogP contribution >= 0.6 is 0 Å². The lowest BCUT2D eigenvalue weighted by molar-refractivity contribution is 0.0883. The van der Waals surface area contributed by atoms with Crippen molar-refractivity contribution in [3.63, 3.8) is 0 Å². The number of rotatable bonds is 6. The van der Waals surface area contributed by atoms with Crippen LogP contribution in [0.3, 0.4) is 0 Å². The molecule has 1 N–H and O–H groups in total. The smallest absolute Gasteiger partial charge is 0.0475 e. The van der Waals surface area contributed by atoms with Crippen molar-refractivity contribution in [3.05, 3.63) is 35.9 Å². The Balaban J connectivity index is 1.95. The van der Waals surface area contributed by atoms with E-state index in [9.17, 15) is 0 Å². The van der Waals surface area contributed by atoms with Crippen molar-refractivity contribution in [2.24, 2.45) is 0 Å². The summed E-state index contributed by atoms with van der Waals surface area (Å²) >= 11 is 0. The molecule has 0 amide bonds. The Hall–Kier alpha value is -0.900. The molecule has 0 aliphatic carbocycles. The topological polar surface area (TPSA) is 18.5 Å². The van der Waals surface area contributed by atoms with E-state index in [1.165, 1.54) is 38.0 Å². The van der Waals surface area contributed by atoms with Crippen LogP contribution in [0.15, 0.2) is 30.3 Å². The highest BCUT2D eigenvalue weighted by Gasteiger charge is 2.25. The first kappa shape index (κ1) is 14.5. The van der Waals surface area contributed by atoms with Gasteiger partial charge in [-0.25, -0.2) is 0 Å². The summed E-state index contributed by atoms with van der Waals surface area (Å²) in [5.74, 6) is 0. The molecule has 1 aliphatic rings. The highest BCUT2D eigenvalue weighted by Crippen LogP contribution is 2.24. The largest absolute Gasteiger partial charge is 0.320 e. The molecule has 3 heteroatoms. The second kappa shape index (κ2) is 7.63. The van der Waals surface area contributed by atoms with Crippen LogP contribution in [0.5, 0.6) is 0 Å². The zero-order valence-electron chi connectivity index (χ0n) is 12.3. The molecule has 1 fully saturated rings. The summed E-state index contributed by atoms with van der Waals surface area (Å²) in [6.07, 6.45) is 2.55. The van der Waals surface area contributed by atoms with Gasteiger partial charge < -0.3 is 10.2 Å². The molecule has 2 rings (SSSR count). The molecule has 1 heterocycles. The summed E-state index contributed by atoms with van der Waals surface area (Å²) in [7, 11) is 4.26. The number of unbranched alkanes of at least 4 members (excludes halogenated alkanes) is 1. The van der Waals surface area contributed by atoms with E-state index in [1.54, 1.807) is 0 Å². The second-order valence-electron chi connectivity index (χ2n) is 5.54. The first-order valence-electron chi connectivity index (χ1n) is 7.43. The summed E-state index contributed by atoms with van der Waals surface area (Å²) in [4.78, 5) is 5.10. The van der Waals surface area contributed by atoms with Crippen molar-refractivity contribution in [1.29, 1.82) is 0 Å². The molecule has 19 heavy (non-hydrogen) atoms. The molecule has 1 saturated heterocycles. The molecule has 1 unspecified atom stereocenters. The molecule has 1 atom stereocenters. The van der Waals surface area contributed by atoms with Crippen LogP contribution in [0.25, 0.3) is 0 Å². The van der Waals surface area contributed by atoms with Crippen molar-refractivity contribution in [1.82, 2.24) is 15.1 Å². The predicted octanol–water partition coefficient (Wildman–Crippen LogP) is 1.97. The summed E-state index contributed by atoms with van der Waals surface area (Å²) in [5.41, 5.74) is 1.46. The molecular formula is C16H27N3. The maximum atomic E-state index is 3.23. The van der Waals surface area contributed by atoms with Gasteiger partial charge >= 0.3 is 0 Å². The van der Waals surface area contributed by atoms with E-state index in [-0.39, 0.29) is 0 Å². The fourth-order valence-electron chi connectivity index (χ4n) is 2.83. The standard InChI is InChI=1S/C16H27N3/c1-17-10-6-7-11-19-13-12-18(2)14-16(19)15-8-4-3-5-9-15/h3-5,8-9,16-17H,6-7,10-14H2,1-2H3. The number of hydrogen-bond acceptors (Lipinski definition) is 3. The van der Waals surface area contributed by atoms with Crippen LogP contribution < -0.4 is 5.32 Å². The molecule has 1 aliphatic heterocycles. The third-order valence-corrected chi connectivity index (χ3v) is 4.00. The number of hydrogen-bond donors (Lipinski definition) is 1. The van der Waals surface area contributed by atoms with Crippen molar-refractivity contribution in [3.8, 4) is 0 Å². The van der Waals surface area contributed by atoms with Gasteiger partial charge in [0, 0.05) is 25.7 Å². The SMILES string of the molecule is CNCCCCN1CCN(C)CC1c1ccccc1. The Morgan fingerprint density at radius 2 is 1.95 bits per heavy atom. The molecule has 0 aromatic heterocycles. The lowest BCUT2D eigenvalue weighted by Crippen LogP contribution is -2.47. The van der Waals surface area contributed by atoms with Crippen LogP contribution in [0, 0.1) is 0 Å². The van der Waals surface area contributed by atoms with Gasteiger partial charge in [-0.3, -0.25) is 4.90 Å². The maximum absolute atomic E-state index is 3.23. The van der Waals surface area contributed by atoms with E-state index in [0.29, 0.717) is 6.04 Å². The van der Waals surface area contributed by atoms with Gasteiger partial charge in [0.15, 0.2) is 0 Å². The summed E-state index contributed by atoms with van der Waals surface area (Å²) < 4.78 is 0. The van der Waals surface area contributed by atoms with Gasteiger partial charge in [0.05, 0.1) is 0 Å². The zero-order valence-corrected chi connectivity index (χ0v) is 12.3. The van der Waals surface area contributed by atoms with E-state index in [2.05, 4.69) is 52.5 Å². The third-order valence-electron chi connectivity index (χ3n) is 4.00. The fraction of sp³-hybridized carbons (Fsp3) is 0.625. The molecule has 0 saturated carbocycles. The minimum Gasteiger partial charge on any atom is -0.320 e. The number of piperazine rings is 1. The van der Waals surface area contributed by atoms with Gasteiger partial charge in [0.25, 0.3) is 0 Å². The third kappa shape index (κ3) is 4.30. The Morgan fingerprint density at radius 1 is 1.16 bits per heavy atom. The molecule has 106 valence electrons. The molecule has 0 bridgehead atoms. The summed E-state index contributed by atoms with van der Waals surface area (Å²) in [6, 6.07) is 11.5. The van der Waals surface area contributed by atoms with Crippen LogP contribution in [0.4, 0.5) is 0 Å². The van der Waals surface area contributed by atoms with Crippen molar-refractivity contribution in [2.75, 3.05) is 46.8 Å². The molecule has 0 spiro atoms. The van der Waals surface area contributed by atoms with E-state index in [1.807, 2.05) is 7.05 Å². The van der Waals surface area contributed by atoms with Crippen LogP contribution in [-0.4, -0.2) is 56.6 Å². The minimum absolute atomic E-state index is 0.564. The Bertz CT molecular complexity index is 352. The lowest BCUT2D eigenvalue weighted by atomic mass is 10.0. The lowest BCUT2D eigenvalue weighted by Gasteiger charge is -2.40. The molecule has 1 aromatic carbocycles. The normalized spacial score (nSPS) is 21.7. The van der Waals surface area contributed by atoms with Gasteiger partial charge in [0.2, 0.25) is 0 Å². The summed E-state index contributed by atoms with van der Waals surface area (Å²) in [6.45, 7) is 5.87. The monoisotopic (exact) mass is 261 g/mol. The second-order valence-corrected chi connectivity index (χ2v) is 5.54. The first-order chi connectivity index (χ1) is 9.31. The van der Waals surface area contributed by atoms with Crippen molar-refractivity contribution in [2.45, 2.75) is 18.9 Å². The predicted molar refractivity (Wildman–Crippen MR) is 81.4 cm³/mol. The zero-order chi connectivity index (χ0) is 13.5. The van der Waals surface area contributed by atoms with Crippen LogP contribution in [0.2, 0.25) is 0 Å². The van der Waals surface area contributed by atoms with E-state index in [4.69, 9.17) is 0 Å². The van der Waals surface area contributed by atoms with E-state index >= 15 is 0 Å². The van der Waals surface area contributed by atoms with E-state index in [0.717, 1.165) is 13.1 Å². The number of likely N-dealkylation sites (N-methyl/N-ethyl adjacent to an activating group) is 1. The summed E-state index contributed by atoms with van der Waals surface area (Å²) in [5, 5.41) is 3.23. The fourth-order valence-corrected chi connectivity index (χ4v) is 2.83. The number of benzene rings is 1. The van der Waals surface area contributed by atoms with Gasteiger partial charge in [-0.05, 0) is 45.6 Å². The Kier molecular flexibility index (Phi) is 5.83. The van der Waals surface area contributed by atoms with Gasteiger partial charge in [0.1, 0.15) is 0 Å². The number of nitrogens with one attached hydrogen (secondary N) is 1. The van der Waals surface area contributed by atoms with Gasteiger partial charge in [-0.15, -0.1) is 0 Å². The molecule has 0 radical (unpaired) electrons. The average Bonchev–Trinajstić information content (AvgIpc) is 2.46. The first-order valence-corrected chi connectivity index (χ1v) is 7.43. The highest BCUT2D eigenvalue weighted by atomic mass is 15.3. The van der Waals surface area contributed by atoms with Crippen LogP contribution in [-0.2, 0) is 0 Å². The molecular weight excluding hydrogens is 234 g/mol. The Labute approximate surface area is 117 Å². The van der Waals surface area contributed by atoms with Gasteiger partial charge in [-0.2, -0.15) is 0 Å².